The van der Waals surface area contributed by atoms with Crippen LogP contribution in [0, 0.1) is 0 Å². The fourth-order valence-electron chi connectivity index (χ4n) is 3.46. The van der Waals surface area contributed by atoms with Crippen LogP contribution in [0.15, 0.2) is 42.5 Å². The molecule has 0 spiro atoms. The van der Waals surface area contributed by atoms with Crippen LogP contribution >= 0.6 is 0 Å². The van der Waals surface area contributed by atoms with E-state index < -0.39 is 0 Å². The van der Waals surface area contributed by atoms with E-state index in [2.05, 4.69) is 41.7 Å². The summed E-state index contributed by atoms with van der Waals surface area (Å²) in [5.74, 6) is 2.41. The van der Waals surface area contributed by atoms with Gasteiger partial charge in [-0.3, -0.25) is 0 Å². The Hall–Kier alpha value is -2.00. The van der Waals surface area contributed by atoms with Crippen LogP contribution in [-0.2, 0) is 6.42 Å². The Kier molecular flexibility index (Phi) is 3.08. The second kappa shape index (κ2) is 5.08. The van der Waals surface area contributed by atoms with E-state index in [1.165, 1.54) is 16.7 Å². The Morgan fingerprint density at radius 2 is 2.00 bits per heavy atom. The van der Waals surface area contributed by atoms with E-state index in [1.807, 2.05) is 13.1 Å². The van der Waals surface area contributed by atoms with Gasteiger partial charge in [0.25, 0.3) is 0 Å². The molecule has 0 saturated carbocycles. The lowest BCUT2D eigenvalue weighted by atomic mass is 9.88. The Morgan fingerprint density at radius 3 is 2.90 bits per heavy atom. The van der Waals surface area contributed by atoms with Crippen molar-refractivity contribution in [3.8, 4) is 11.5 Å². The number of nitrogens with one attached hydrogen (secondary N) is 1. The van der Waals surface area contributed by atoms with Gasteiger partial charge in [0.1, 0.15) is 11.5 Å². The van der Waals surface area contributed by atoms with Crippen LogP contribution < -0.4 is 14.8 Å². The topological polar surface area (TPSA) is 30.5 Å². The summed E-state index contributed by atoms with van der Waals surface area (Å²) in [6.45, 7) is 1.54. The lowest BCUT2D eigenvalue weighted by Gasteiger charge is -2.23. The van der Waals surface area contributed by atoms with Crippen molar-refractivity contribution in [1.82, 2.24) is 5.32 Å². The molecule has 2 aromatic rings. The molecular weight excluding hydrogens is 262 g/mol. The van der Waals surface area contributed by atoms with Crippen LogP contribution in [-0.4, -0.2) is 20.3 Å². The van der Waals surface area contributed by atoms with Crippen LogP contribution in [0.1, 0.15) is 28.7 Å². The van der Waals surface area contributed by atoms with Crippen LogP contribution in [0.3, 0.4) is 0 Å². The van der Waals surface area contributed by atoms with Crippen LogP contribution in [0.2, 0.25) is 0 Å². The summed E-state index contributed by atoms with van der Waals surface area (Å²) in [6.07, 6.45) is 1.01. The van der Waals surface area contributed by atoms with E-state index in [9.17, 15) is 0 Å². The highest BCUT2D eigenvalue weighted by Gasteiger charge is 2.31. The first-order valence-electron chi connectivity index (χ1n) is 7.51. The number of hydrogen-bond donors (Lipinski definition) is 1. The van der Waals surface area contributed by atoms with Crippen molar-refractivity contribution in [2.45, 2.75) is 18.4 Å². The van der Waals surface area contributed by atoms with Crippen LogP contribution in [0.4, 0.5) is 0 Å². The highest BCUT2D eigenvalue weighted by molar-refractivity contribution is 5.45. The standard InChI is InChI=1S/C18H19NO2/c1-19-18(13-6-7-16-12(10-13)8-9-20-16)15-11-21-17-5-3-2-4-14(15)17/h2-7,10,15,18-19H,8-9,11H2,1H3. The smallest absolute Gasteiger partial charge is 0.122 e. The second-order valence-corrected chi connectivity index (χ2v) is 5.69. The summed E-state index contributed by atoms with van der Waals surface area (Å²) in [6, 6.07) is 15.2. The van der Waals surface area contributed by atoms with Gasteiger partial charge in [-0.25, -0.2) is 0 Å². The van der Waals surface area contributed by atoms with Crippen molar-refractivity contribution in [1.29, 1.82) is 0 Å². The van der Waals surface area contributed by atoms with E-state index in [0.717, 1.165) is 31.1 Å². The number of likely N-dealkylation sites (N-methyl/N-ethyl adjacent to an activating group) is 1. The highest BCUT2D eigenvalue weighted by Crippen LogP contribution is 2.42. The van der Waals surface area contributed by atoms with E-state index in [0.29, 0.717) is 5.92 Å². The number of hydrogen-bond acceptors (Lipinski definition) is 3. The van der Waals surface area contributed by atoms with E-state index in [4.69, 9.17) is 9.47 Å². The summed E-state index contributed by atoms with van der Waals surface area (Å²) in [7, 11) is 2.02. The molecule has 3 heteroatoms. The molecule has 2 unspecified atom stereocenters. The Bertz CT molecular complexity index is 668. The maximum atomic E-state index is 5.84. The minimum absolute atomic E-state index is 0.263. The number of para-hydroxylation sites is 1. The zero-order valence-corrected chi connectivity index (χ0v) is 12.1. The number of fused-ring (bicyclic) bond motifs is 2. The number of benzene rings is 2. The Morgan fingerprint density at radius 1 is 1.10 bits per heavy atom. The van der Waals surface area contributed by atoms with Crippen molar-refractivity contribution >= 4 is 0 Å². The summed E-state index contributed by atoms with van der Waals surface area (Å²) in [5.41, 5.74) is 3.93. The maximum absolute atomic E-state index is 5.84. The van der Waals surface area contributed by atoms with Crippen molar-refractivity contribution in [2.75, 3.05) is 20.3 Å². The monoisotopic (exact) mass is 281 g/mol. The molecule has 0 bridgehead atoms. The number of rotatable bonds is 3. The average Bonchev–Trinajstić information content (AvgIpc) is 3.15. The first kappa shape index (κ1) is 12.7. The maximum Gasteiger partial charge on any atom is 0.122 e. The third kappa shape index (κ3) is 2.09. The van der Waals surface area contributed by atoms with Gasteiger partial charge < -0.3 is 14.8 Å². The third-order valence-electron chi connectivity index (χ3n) is 4.52. The first-order chi connectivity index (χ1) is 10.4. The zero-order valence-electron chi connectivity index (χ0n) is 12.1. The molecule has 0 saturated heterocycles. The van der Waals surface area contributed by atoms with Gasteiger partial charge in [-0.1, -0.05) is 30.3 Å². The molecule has 4 rings (SSSR count). The molecule has 0 aliphatic carbocycles. The lowest BCUT2D eigenvalue weighted by molar-refractivity contribution is 0.304. The van der Waals surface area contributed by atoms with Crippen molar-refractivity contribution in [3.63, 3.8) is 0 Å². The van der Waals surface area contributed by atoms with Gasteiger partial charge >= 0.3 is 0 Å². The molecule has 0 aromatic heterocycles. The lowest BCUT2D eigenvalue weighted by Crippen LogP contribution is -2.25. The van der Waals surface area contributed by atoms with Crippen molar-refractivity contribution in [2.24, 2.45) is 0 Å². The normalized spacial score (nSPS) is 20.3. The van der Waals surface area contributed by atoms with E-state index in [-0.39, 0.29) is 6.04 Å². The van der Waals surface area contributed by atoms with E-state index >= 15 is 0 Å². The molecule has 0 fully saturated rings. The molecule has 2 aromatic carbocycles. The second-order valence-electron chi connectivity index (χ2n) is 5.69. The molecule has 2 aliphatic heterocycles. The fraction of sp³-hybridized carbons (Fsp3) is 0.333. The first-order valence-corrected chi connectivity index (χ1v) is 7.51. The molecule has 21 heavy (non-hydrogen) atoms. The van der Waals surface area contributed by atoms with Crippen LogP contribution in [0.5, 0.6) is 11.5 Å². The zero-order chi connectivity index (χ0) is 14.2. The average molecular weight is 281 g/mol. The molecule has 2 aliphatic rings. The third-order valence-corrected chi connectivity index (χ3v) is 4.52. The van der Waals surface area contributed by atoms with Crippen LogP contribution in [0.25, 0.3) is 0 Å². The molecule has 0 amide bonds. The Balaban J connectivity index is 1.70. The predicted molar refractivity (Wildman–Crippen MR) is 82.1 cm³/mol. The fourth-order valence-corrected chi connectivity index (χ4v) is 3.46. The largest absolute Gasteiger partial charge is 0.493 e. The Labute approximate surface area is 124 Å². The molecular formula is C18H19NO2. The van der Waals surface area contributed by atoms with Crippen molar-refractivity contribution < 1.29 is 9.47 Å². The van der Waals surface area contributed by atoms with E-state index in [1.54, 1.807) is 0 Å². The number of ether oxygens (including phenoxy) is 2. The summed E-state index contributed by atoms with van der Waals surface area (Å²) in [4.78, 5) is 0. The highest BCUT2D eigenvalue weighted by atomic mass is 16.5. The molecule has 3 nitrogen and oxygen atoms in total. The molecule has 0 radical (unpaired) electrons. The van der Waals surface area contributed by atoms with Gasteiger partial charge in [-0.2, -0.15) is 0 Å². The van der Waals surface area contributed by atoms with Gasteiger partial charge in [0.05, 0.1) is 13.2 Å². The van der Waals surface area contributed by atoms with Gasteiger partial charge in [0.15, 0.2) is 0 Å². The minimum Gasteiger partial charge on any atom is -0.493 e. The van der Waals surface area contributed by atoms with Gasteiger partial charge in [0, 0.05) is 23.9 Å². The van der Waals surface area contributed by atoms with Crippen molar-refractivity contribution in [3.05, 3.63) is 59.2 Å². The summed E-state index contributed by atoms with van der Waals surface area (Å²) < 4.78 is 11.4. The predicted octanol–water partition coefficient (Wildman–Crippen LogP) is 3.06. The molecule has 2 atom stereocenters. The van der Waals surface area contributed by atoms with Gasteiger partial charge in [0.2, 0.25) is 0 Å². The molecule has 108 valence electrons. The summed E-state index contributed by atoms with van der Waals surface area (Å²) in [5, 5.41) is 3.47. The van der Waals surface area contributed by atoms with Gasteiger partial charge in [-0.15, -0.1) is 0 Å². The summed E-state index contributed by atoms with van der Waals surface area (Å²) >= 11 is 0. The SMILES string of the molecule is CNC(c1ccc2c(c1)CCO2)C1COc2ccccc21. The minimum atomic E-state index is 0.263. The molecule has 1 N–H and O–H groups in total. The quantitative estimate of drug-likeness (QED) is 0.938. The van der Waals surface area contributed by atoms with Gasteiger partial charge in [-0.05, 0) is 30.3 Å². The molecule has 2 heterocycles.